The van der Waals surface area contributed by atoms with Crippen LogP contribution in [-0.2, 0) is 17.6 Å². The lowest BCUT2D eigenvalue weighted by Crippen LogP contribution is -2.26. The van der Waals surface area contributed by atoms with Gasteiger partial charge in [0.1, 0.15) is 11.4 Å². The molecule has 1 N–H and O–H groups in total. The third kappa shape index (κ3) is 3.93. The first-order valence-corrected chi connectivity index (χ1v) is 11.3. The Kier molecular flexibility index (Phi) is 5.69. The predicted octanol–water partition coefficient (Wildman–Crippen LogP) is 3.30. The monoisotopic (exact) mass is 424 g/mol. The number of aromatic nitrogens is 2. The van der Waals surface area contributed by atoms with E-state index in [1.54, 1.807) is 15.9 Å². The Morgan fingerprint density at radius 1 is 1.41 bits per heavy atom. The molecule has 1 unspecified atom stereocenters. The summed E-state index contributed by atoms with van der Waals surface area (Å²) in [6, 6.07) is 11.3. The number of para-hydroxylation sites is 1. The first-order valence-electron chi connectivity index (χ1n) is 9.47. The molecule has 0 bridgehead atoms. The highest BCUT2D eigenvalue weighted by Gasteiger charge is 2.25. The van der Waals surface area contributed by atoms with Gasteiger partial charge in [-0.1, -0.05) is 36.9 Å². The summed E-state index contributed by atoms with van der Waals surface area (Å²) in [5, 5.41) is 12.4. The van der Waals surface area contributed by atoms with Gasteiger partial charge in [-0.05, 0) is 42.9 Å². The van der Waals surface area contributed by atoms with Crippen molar-refractivity contribution in [3.63, 3.8) is 0 Å². The number of benzene rings is 1. The van der Waals surface area contributed by atoms with Crippen molar-refractivity contribution in [2.75, 3.05) is 12.3 Å². The lowest BCUT2D eigenvalue weighted by Gasteiger charge is -2.17. The molecule has 0 saturated carbocycles. The van der Waals surface area contributed by atoms with Crippen molar-refractivity contribution in [1.29, 1.82) is 5.26 Å². The van der Waals surface area contributed by atoms with Crippen LogP contribution < -0.4 is 10.9 Å². The van der Waals surface area contributed by atoms with E-state index in [0.717, 1.165) is 40.7 Å². The summed E-state index contributed by atoms with van der Waals surface area (Å²) in [5.74, 6) is 0.448. The fourth-order valence-corrected chi connectivity index (χ4v) is 5.86. The second kappa shape index (κ2) is 8.39. The molecular formula is C21H20N4O2S2. The summed E-state index contributed by atoms with van der Waals surface area (Å²) in [7, 11) is 0. The summed E-state index contributed by atoms with van der Waals surface area (Å²) in [6.45, 7) is 2.21. The van der Waals surface area contributed by atoms with Gasteiger partial charge in [0, 0.05) is 4.88 Å². The van der Waals surface area contributed by atoms with Crippen molar-refractivity contribution in [1.82, 2.24) is 14.9 Å². The van der Waals surface area contributed by atoms with Gasteiger partial charge in [-0.3, -0.25) is 14.2 Å². The molecule has 148 valence electrons. The second-order valence-electron chi connectivity index (χ2n) is 7.13. The highest BCUT2D eigenvalue weighted by Crippen LogP contribution is 2.36. The number of nitrogens with zero attached hydrogens (tertiary/aromatic N) is 3. The van der Waals surface area contributed by atoms with Gasteiger partial charge in [0.2, 0.25) is 5.91 Å². The first kappa shape index (κ1) is 19.7. The third-order valence-electron chi connectivity index (χ3n) is 5.01. The van der Waals surface area contributed by atoms with E-state index in [2.05, 4.69) is 12.2 Å². The topological polar surface area (TPSA) is 87.8 Å². The van der Waals surface area contributed by atoms with E-state index in [4.69, 9.17) is 10.2 Å². The van der Waals surface area contributed by atoms with Crippen LogP contribution in [0, 0.1) is 17.2 Å². The third-order valence-corrected chi connectivity index (χ3v) is 7.10. The largest absolute Gasteiger partial charge is 0.342 e. The normalized spacial score (nSPS) is 15.7. The molecule has 8 heteroatoms. The number of amides is 1. The molecule has 0 aliphatic heterocycles. The lowest BCUT2D eigenvalue weighted by molar-refractivity contribution is -0.118. The molecule has 1 atom stereocenters. The van der Waals surface area contributed by atoms with Crippen LogP contribution in [0.1, 0.15) is 23.8 Å². The number of carbonyl (C=O) groups excluding carboxylic acids is 1. The molecule has 1 aromatic carbocycles. The van der Waals surface area contributed by atoms with Gasteiger partial charge in [-0.15, -0.1) is 11.3 Å². The standard InChI is InChI=1S/C21H20N4O2S2/c1-13-7-8-15-16(11-13)29-19-18(15)20(27)25(14-5-3-2-4-6-14)21(24-19)28-12-17(26)23-10-9-22/h2-6,13H,7-8,10-12H2,1H3,(H,23,26). The Morgan fingerprint density at radius 2 is 2.21 bits per heavy atom. The first-order chi connectivity index (χ1) is 14.1. The molecule has 1 amide bonds. The number of fused-ring (bicyclic) bond motifs is 3. The SMILES string of the molecule is CC1CCc2c(sc3nc(SCC(=O)NCC#N)n(-c4ccccc4)c(=O)c23)C1. The van der Waals surface area contributed by atoms with Gasteiger partial charge in [0.15, 0.2) is 5.16 Å². The average molecular weight is 425 g/mol. The summed E-state index contributed by atoms with van der Waals surface area (Å²) >= 11 is 2.82. The zero-order valence-electron chi connectivity index (χ0n) is 16.0. The minimum Gasteiger partial charge on any atom is -0.342 e. The molecule has 29 heavy (non-hydrogen) atoms. The Labute approximate surface area is 176 Å². The summed E-state index contributed by atoms with van der Waals surface area (Å²) in [4.78, 5) is 32.3. The van der Waals surface area contributed by atoms with Crippen LogP contribution in [0.3, 0.4) is 0 Å². The summed E-state index contributed by atoms with van der Waals surface area (Å²) in [6.07, 6.45) is 2.98. The molecule has 2 aromatic heterocycles. The fourth-order valence-electron chi connectivity index (χ4n) is 3.59. The van der Waals surface area contributed by atoms with Crippen molar-refractivity contribution in [2.24, 2.45) is 5.92 Å². The van der Waals surface area contributed by atoms with Gasteiger partial charge < -0.3 is 5.32 Å². The van der Waals surface area contributed by atoms with E-state index >= 15 is 0 Å². The molecule has 0 fully saturated rings. The van der Waals surface area contributed by atoms with Crippen LogP contribution in [0.2, 0.25) is 0 Å². The van der Waals surface area contributed by atoms with E-state index in [1.165, 1.54) is 16.6 Å². The van der Waals surface area contributed by atoms with Gasteiger partial charge in [-0.25, -0.2) is 4.98 Å². The number of thiophene rings is 1. The van der Waals surface area contributed by atoms with E-state index in [9.17, 15) is 9.59 Å². The molecule has 0 saturated heterocycles. The Hall–Kier alpha value is -2.63. The summed E-state index contributed by atoms with van der Waals surface area (Å²) in [5.41, 5.74) is 1.80. The van der Waals surface area contributed by atoms with Crippen LogP contribution in [0.15, 0.2) is 40.3 Å². The number of nitrogens with one attached hydrogen (secondary N) is 1. The maximum Gasteiger partial charge on any atom is 0.267 e. The van der Waals surface area contributed by atoms with Crippen molar-refractivity contribution < 1.29 is 4.79 Å². The predicted molar refractivity (Wildman–Crippen MR) is 116 cm³/mol. The van der Waals surface area contributed by atoms with E-state index < -0.39 is 0 Å². The highest BCUT2D eigenvalue weighted by atomic mass is 32.2. The van der Waals surface area contributed by atoms with E-state index in [0.29, 0.717) is 11.1 Å². The maximum atomic E-state index is 13.6. The van der Waals surface area contributed by atoms with Gasteiger partial charge in [-0.2, -0.15) is 5.26 Å². The van der Waals surface area contributed by atoms with Crippen molar-refractivity contribution in [2.45, 2.75) is 31.3 Å². The Bertz CT molecular complexity index is 1160. The van der Waals surface area contributed by atoms with E-state index in [1.807, 2.05) is 36.4 Å². The number of nitriles is 1. The molecule has 3 aromatic rings. The van der Waals surface area contributed by atoms with Crippen LogP contribution >= 0.6 is 23.1 Å². The van der Waals surface area contributed by atoms with Crippen LogP contribution in [0.5, 0.6) is 0 Å². The van der Waals surface area contributed by atoms with Gasteiger partial charge >= 0.3 is 0 Å². The van der Waals surface area contributed by atoms with Crippen molar-refractivity contribution >= 4 is 39.2 Å². The van der Waals surface area contributed by atoms with Gasteiger partial charge in [0.05, 0.1) is 22.9 Å². The molecule has 6 nitrogen and oxygen atoms in total. The number of rotatable bonds is 5. The number of hydrogen-bond donors (Lipinski definition) is 1. The van der Waals surface area contributed by atoms with E-state index in [-0.39, 0.29) is 23.8 Å². The molecule has 2 heterocycles. The number of hydrogen-bond acceptors (Lipinski definition) is 6. The molecule has 1 aliphatic rings. The minimum atomic E-state index is -0.259. The summed E-state index contributed by atoms with van der Waals surface area (Å²) < 4.78 is 1.61. The second-order valence-corrected chi connectivity index (χ2v) is 9.15. The smallest absolute Gasteiger partial charge is 0.267 e. The van der Waals surface area contributed by atoms with Crippen LogP contribution in [0.25, 0.3) is 15.9 Å². The molecule has 1 aliphatic carbocycles. The lowest BCUT2D eigenvalue weighted by atomic mass is 9.89. The quantitative estimate of drug-likeness (QED) is 0.386. The molecule has 4 rings (SSSR count). The van der Waals surface area contributed by atoms with Crippen molar-refractivity contribution in [3.05, 3.63) is 51.1 Å². The minimum absolute atomic E-state index is 0.0345. The number of carbonyl (C=O) groups is 1. The fraction of sp³-hybridized carbons (Fsp3) is 0.333. The Morgan fingerprint density at radius 3 is 2.97 bits per heavy atom. The average Bonchev–Trinajstić information content (AvgIpc) is 3.08. The molecule has 0 radical (unpaired) electrons. The Balaban J connectivity index is 1.82. The molecular weight excluding hydrogens is 404 g/mol. The molecule has 0 spiro atoms. The maximum absolute atomic E-state index is 13.6. The zero-order chi connectivity index (χ0) is 20.4. The van der Waals surface area contributed by atoms with Crippen LogP contribution in [-0.4, -0.2) is 27.8 Å². The number of thioether (sulfide) groups is 1. The number of aryl methyl sites for hydroxylation is 1. The highest BCUT2D eigenvalue weighted by molar-refractivity contribution is 7.99. The van der Waals surface area contributed by atoms with Crippen LogP contribution in [0.4, 0.5) is 0 Å². The van der Waals surface area contributed by atoms with Gasteiger partial charge in [0.25, 0.3) is 5.56 Å². The van der Waals surface area contributed by atoms with Crippen molar-refractivity contribution in [3.8, 4) is 11.8 Å². The zero-order valence-corrected chi connectivity index (χ0v) is 17.6.